The number of rotatable bonds is 7. The second-order valence-electron chi connectivity index (χ2n) is 9.04. The molecule has 2 aromatic rings. The zero-order chi connectivity index (χ0) is 26.8. The molecule has 2 atom stereocenters. The van der Waals surface area contributed by atoms with Crippen molar-refractivity contribution in [1.82, 2.24) is 4.31 Å². The van der Waals surface area contributed by atoms with Crippen molar-refractivity contribution in [1.29, 1.82) is 0 Å². The Morgan fingerprint density at radius 1 is 1.08 bits per heavy atom. The van der Waals surface area contributed by atoms with Gasteiger partial charge in [-0.1, -0.05) is 54.7 Å². The van der Waals surface area contributed by atoms with Crippen LogP contribution in [0.15, 0.2) is 82.6 Å². The van der Waals surface area contributed by atoms with Gasteiger partial charge in [0.05, 0.1) is 10.9 Å². The summed E-state index contributed by atoms with van der Waals surface area (Å²) < 4.78 is 68.2. The van der Waals surface area contributed by atoms with Crippen molar-refractivity contribution in [3.8, 4) is 0 Å². The predicted molar refractivity (Wildman–Crippen MR) is 145 cm³/mol. The van der Waals surface area contributed by atoms with Crippen LogP contribution >= 0.6 is 24.0 Å². The van der Waals surface area contributed by atoms with Gasteiger partial charge in [-0.3, -0.25) is 0 Å². The Bertz CT molecular complexity index is 1290. The van der Waals surface area contributed by atoms with Crippen LogP contribution in [0.3, 0.4) is 0 Å². The number of sulfonamides is 1. The Morgan fingerprint density at radius 3 is 2.38 bits per heavy atom. The van der Waals surface area contributed by atoms with Crippen molar-refractivity contribution in [2.24, 2.45) is 0 Å². The number of anilines is 1. The number of aliphatic hydroxyl groups is 1. The molecule has 0 aromatic heterocycles. The van der Waals surface area contributed by atoms with Gasteiger partial charge in [0.2, 0.25) is 10.0 Å². The topological polar surface area (TPSA) is 60.9 Å². The van der Waals surface area contributed by atoms with Crippen LogP contribution in [0.5, 0.6) is 0 Å². The maximum atomic E-state index is 13.4. The highest BCUT2D eigenvalue weighted by Gasteiger charge is 2.51. The number of allylic oxidation sites excluding steroid dienone is 4. The molecule has 4 rings (SSSR count). The molecule has 0 bridgehead atoms. The fraction of sp³-hybridized carbons (Fsp3) is 0.346. The lowest BCUT2D eigenvalue weighted by atomic mass is 9.95. The van der Waals surface area contributed by atoms with E-state index in [9.17, 15) is 26.7 Å². The first-order chi connectivity index (χ1) is 17.4. The highest BCUT2D eigenvalue weighted by Crippen LogP contribution is 2.39. The van der Waals surface area contributed by atoms with E-state index in [1.165, 1.54) is 22.5 Å². The van der Waals surface area contributed by atoms with Crippen LogP contribution in [0.1, 0.15) is 18.9 Å². The first kappa shape index (κ1) is 27.8. The summed E-state index contributed by atoms with van der Waals surface area (Å²) in [6.45, 7) is 1.49. The molecule has 1 aliphatic carbocycles. The minimum Gasteiger partial charge on any atom is -0.376 e. The third-order valence-electron chi connectivity index (χ3n) is 6.52. The molecule has 1 fully saturated rings. The zero-order valence-electron chi connectivity index (χ0n) is 20.1. The van der Waals surface area contributed by atoms with Crippen molar-refractivity contribution in [3.05, 3.63) is 83.3 Å². The number of alkyl halides is 3. The third kappa shape index (κ3) is 5.96. The molecule has 11 heteroatoms. The van der Waals surface area contributed by atoms with Crippen LogP contribution in [-0.4, -0.2) is 60.3 Å². The first-order valence-electron chi connectivity index (χ1n) is 11.7. The van der Waals surface area contributed by atoms with Crippen LogP contribution in [0.4, 0.5) is 18.9 Å². The molecule has 37 heavy (non-hydrogen) atoms. The van der Waals surface area contributed by atoms with Crippen molar-refractivity contribution >= 4 is 44.6 Å². The molecule has 1 saturated heterocycles. The van der Waals surface area contributed by atoms with Crippen LogP contribution in [0.2, 0.25) is 0 Å². The van der Waals surface area contributed by atoms with Gasteiger partial charge in [0.1, 0.15) is 0 Å². The monoisotopic (exact) mass is 568 g/mol. The van der Waals surface area contributed by atoms with E-state index < -0.39 is 21.8 Å². The first-order valence-corrected chi connectivity index (χ1v) is 14.5. The molecular weight excluding hydrogens is 541 g/mol. The Balaban J connectivity index is 1.60. The van der Waals surface area contributed by atoms with E-state index in [1.807, 2.05) is 41.3 Å². The molecule has 0 spiro atoms. The van der Waals surface area contributed by atoms with E-state index in [2.05, 4.69) is 0 Å². The Labute approximate surface area is 224 Å². The largest absolute Gasteiger partial charge is 0.421 e. The van der Waals surface area contributed by atoms with E-state index >= 15 is 0 Å². The van der Waals surface area contributed by atoms with Gasteiger partial charge in [-0.05, 0) is 42.8 Å². The van der Waals surface area contributed by atoms with Gasteiger partial charge >= 0.3 is 6.18 Å². The van der Waals surface area contributed by atoms with E-state index in [1.54, 1.807) is 30.0 Å². The highest BCUT2D eigenvalue weighted by atomic mass is 32.2. The number of thioether (sulfide) groups is 1. The maximum absolute atomic E-state index is 13.4. The second kappa shape index (κ2) is 10.9. The Hall–Kier alpha value is -2.18. The number of benzene rings is 2. The molecule has 2 aliphatic rings. The normalized spacial score (nSPS) is 21.0. The summed E-state index contributed by atoms with van der Waals surface area (Å²) in [6.07, 6.45) is 0.638. The molecule has 1 heterocycles. The minimum absolute atomic E-state index is 0.145. The van der Waals surface area contributed by atoms with Crippen molar-refractivity contribution in [2.45, 2.75) is 36.1 Å². The third-order valence-corrected chi connectivity index (χ3v) is 10.1. The van der Waals surface area contributed by atoms with Crippen LogP contribution in [0, 0.1) is 0 Å². The molecule has 2 aromatic carbocycles. The maximum Gasteiger partial charge on any atom is 0.421 e. The molecule has 0 saturated carbocycles. The Morgan fingerprint density at radius 2 is 1.76 bits per heavy atom. The fourth-order valence-corrected chi connectivity index (χ4v) is 7.36. The van der Waals surface area contributed by atoms with Crippen molar-refractivity contribution in [3.63, 3.8) is 0 Å². The lowest BCUT2D eigenvalue weighted by Crippen LogP contribution is -2.56. The van der Waals surface area contributed by atoms with E-state index in [0.717, 1.165) is 11.8 Å². The standard InChI is InChI=1S/C26H27F3N2O3S3/c1-25(32,26(27,28)29)19-11-13-20(14-12-19)31-16-15-30(37(33,34)24-10-6-5-9-23(24)35)17-21(31)18-36-22-7-3-2-4-8-22/h2-8,10-14,21,32H,9,15-18H2,1H3/t21-,25-/m1/s1. The summed E-state index contributed by atoms with van der Waals surface area (Å²) in [5.41, 5.74) is -2.57. The molecule has 0 amide bonds. The van der Waals surface area contributed by atoms with E-state index in [0.29, 0.717) is 29.3 Å². The molecule has 1 aliphatic heterocycles. The zero-order valence-corrected chi connectivity index (χ0v) is 22.5. The van der Waals surface area contributed by atoms with Gasteiger partial charge in [0.15, 0.2) is 5.60 Å². The number of thiocarbonyl (C=S) groups is 1. The smallest absolute Gasteiger partial charge is 0.376 e. The minimum atomic E-state index is -4.81. The van der Waals surface area contributed by atoms with Gasteiger partial charge in [0, 0.05) is 47.3 Å². The molecule has 0 radical (unpaired) electrons. The summed E-state index contributed by atoms with van der Waals surface area (Å²) in [5.74, 6) is 0.557. The van der Waals surface area contributed by atoms with Crippen molar-refractivity contribution in [2.75, 3.05) is 30.3 Å². The summed E-state index contributed by atoms with van der Waals surface area (Å²) in [6, 6.07) is 15.1. The van der Waals surface area contributed by atoms with Gasteiger partial charge in [0.25, 0.3) is 0 Å². The number of halogens is 3. The summed E-state index contributed by atoms with van der Waals surface area (Å²) >= 11 is 6.90. The molecular formula is C26H27F3N2O3S3. The average Bonchev–Trinajstić information content (AvgIpc) is 2.87. The molecule has 0 unspecified atom stereocenters. The van der Waals surface area contributed by atoms with E-state index in [4.69, 9.17) is 12.2 Å². The average molecular weight is 569 g/mol. The summed E-state index contributed by atoms with van der Waals surface area (Å²) in [5, 5.41) is 10.0. The molecule has 1 N–H and O–H groups in total. The van der Waals surface area contributed by atoms with Crippen LogP contribution < -0.4 is 4.90 Å². The fourth-order valence-electron chi connectivity index (χ4n) is 4.27. The van der Waals surface area contributed by atoms with E-state index in [-0.39, 0.29) is 29.6 Å². The van der Waals surface area contributed by atoms with Crippen LogP contribution in [0.25, 0.3) is 0 Å². The van der Waals surface area contributed by atoms with Gasteiger partial charge in [-0.15, -0.1) is 11.8 Å². The molecule has 198 valence electrons. The number of hydrogen-bond acceptors (Lipinski definition) is 6. The van der Waals surface area contributed by atoms with Crippen molar-refractivity contribution < 1.29 is 26.7 Å². The SMILES string of the molecule is C[C@@](O)(c1ccc(N2CCN(S(=O)(=O)C3=CC=CCC3=S)C[C@@H]2CSc2ccccc2)cc1)C(F)(F)F. The van der Waals surface area contributed by atoms with Gasteiger partial charge < -0.3 is 10.0 Å². The number of piperazine rings is 1. The Kier molecular flexibility index (Phi) is 8.20. The molecule has 5 nitrogen and oxygen atoms in total. The predicted octanol–water partition coefficient (Wildman–Crippen LogP) is 5.28. The van der Waals surface area contributed by atoms with Crippen LogP contribution in [-0.2, 0) is 15.6 Å². The number of nitrogens with zero attached hydrogens (tertiary/aromatic N) is 2. The highest BCUT2D eigenvalue weighted by molar-refractivity contribution is 7.99. The van der Waals surface area contributed by atoms with Gasteiger partial charge in [-0.25, -0.2) is 8.42 Å². The quantitative estimate of drug-likeness (QED) is 0.362. The second-order valence-corrected chi connectivity index (χ2v) is 12.5. The van der Waals surface area contributed by atoms with Gasteiger partial charge in [-0.2, -0.15) is 17.5 Å². The summed E-state index contributed by atoms with van der Waals surface area (Å²) in [4.78, 5) is 3.57. The lowest BCUT2D eigenvalue weighted by molar-refractivity contribution is -0.258. The number of hydrogen-bond donors (Lipinski definition) is 1. The lowest BCUT2D eigenvalue weighted by Gasteiger charge is -2.42. The summed E-state index contributed by atoms with van der Waals surface area (Å²) in [7, 11) is -3.79.